The Kier molecular flexibility index (Phi) is 2.24. The van der Waals surface area contributed by atoms with Crippen molar-refractivity contribution in [3.8, 4) is 5.75 Å². The van der Waals surface area contributed by atoms with E-state index in [2.05, 4.69) is 0 Å². The van der Waals surface area contributed by atoms with Crippen molar-refractivity contribution in [2.45, 2.75) is 12.5 Å². The molecule has 0 bridgehead atoms. The highest BCUT2D eigenvalue weighted by molar-refractivity contribution is 7.80. The van der Waals surface area contributed by atoms with Crippen molar-refractivity contribution in [2.24, 2.45) is 5.73 Å². The molecular weight excluding hydrogens is 206 g/mol. The summed E-state index contributed by atoms with van der Waals surface area (Å²) < 4.78 is 5.35. The van der Waals surface area contributed by atoms with E-state index in [1.807, 2.05) is 6.07 Å². The summed E-state index contributed by atoms with van der Waals surface area (Å²) in [6, 6.07) is 5.29. The maximum Gasteiger partial charge on any atom is 0.169 e. The Hall–Kier alpha value is -0.640. The topological polar surface area (TPSA) is 35.2 Å². The fourth-order valence-corrected chi connectivity index (χ4v) is 1.81. The molecular formula is C9H8ClNOS. The van der Waals surface area contributed by atoms with E-state index in [1.165, 1.54) is 0 Å². The highest BCUT2D eigenvalue weighted by Gasteiger charge is 2.21. The molecule has 0 aromatic heterocycles. The van der Waals surface area contributed by atoms with Gasteiger partial charge in [-0.05, 0) is 30.4 Å². The first-order valence-corrected chi connectivity index (χ1v) is 4.71. The molecule has 0 fully saturated rings. The Morgan fingerprint density at radius 2 is 2.31 bits per heavy atom. The van der Waals surface area contributed by atoms with E-state index < -0.39 is 0 Å². The van der Waals surface area contributed by atoms with E-state index in [1.54, 1.807) is 12.1 Å². The monoisotopic (exact) mass is 213 g/mol. The smallest absolute Gasteiger partial charge is 0.169 e. The number of benzene rings is 1. The number of ether oxygens (including phenoxy) is 1. The standard InChI is InChI=1S/C9H8ClNOS/c10-5-1-2-8-6(3-5)7(11)4-9(13)12-8/h1-3,7H,4,11H2. The molecule has 2 rings (SSSR count). The van der Waals surface area contributed by atoms with E-state index in [4.69, 9.17) is 34.3 Å². The Labute approximate surface area is 86.6 Å². The van der Waals surface area contributed by atoms with Crippen LogP contribution in [0.5, 0.6) is 5.75 Å². The SMILES string of the molecule is NC1CC(=S)Oc2ccc(Cl)cc21. The van der Waals surface area contributed by atoms with Crippen LogP contribution in [0.4, 0.5) is 0 Å². The van der Waals surface area contributed by atoms with Gasteiger partial charge in [0.15, 0.2) is 5.05 Å². The molecule has 1 aromatic rings. The Balaban J connectivity index is 2.49. The van der Waals surface area contributed by atoms with Crippen molar-refractivity contribution in [3.05, 3.63) is 28.8 Å². The van der Waals surface area contributed by atoms with Crippen LogP contribution in [0.1, 0.15) is 18.0 Å². The number of hydrogen-bond donors (Lipinski definition) is 1. The van der Waals surface area contributed by atoms with Crippen molar-refractivity contribution < 1.29 is 4.74 Å². The molecule has 2 nitrogen and oxygen atoms in total. The second kappa shape index (κ2) is 3.25. The van der Waals surface area contributed by atoms with Crippen LogP contribution in [0.2, 0.25) is 5.02 Å². The molecule has 0 aliphatic carbocycles. The molecule has 4 heteroatoms. The average molecular weight is 214 g/mol. The fraction of sp³-hybridized carbons (Fsp3) is 0.222. The Bertz CT molecular complexity index is 367. The highest BCUT2D eigenvalue weighted by atomic mass is 35.5. The first-order chi connectivity index (χ1) is 6.16. The van der Waals surface area contributed by atoms with Gasteiger partial charge in [-0.3, -0.25) is 0 Å². The molecule has 0 saturated carbocycles. The minimum atomic E-state index is -0.0880. The molecule has 13 heavy (non-hydrogen) atoms. The largest absolute Gasteiger partial charge is 0.450 e. The molecule has 1 unspecified atom stereocenters. The first-order valence-electron chi connectivity index (χ1n) is 3.92. The third kappa shape index (κ3) is 1.68. The van der Waals surface area contributed by atoms with Crippen molar-refractivity contribution in [1.82, 2.24) is 0 Å². The summed E-state index contributed by atoms with van der Waals surface area (Å²) >= 11 is 10.8. The number of halogens is 1. The van der Waals surface area contributed by atoms with Crippen LogP contribution in [0, 0.1) is 0 Å². The van der Waals surface area contributed by atoms with Crippen LogP contribution in [0.25, 0.3) is 0 Å². The zero-order valence-corrected chi connectivity index (χ0v) is 8.36. The lowest BCUT2D eigenvalue weighted by molar-refractivity contribution is 0.489. The Morgan fingerprint density at radius 3 is 3.08 bits per heavy atom. The van der Waals surface area contributed by atoms with Gasteiger partial charge in [-0.2, -0.15) is 0 Å². The molecule has 2 N–H and O–H groups in total. The van der Waals surface area contributed by atoms with Gasteiger partial charge in [0.2, 0.25) is 0 Å². The summed E-state index contributed by atoms with van der Waals surface area (Å²) in [6.45, 7) is 0. The van der Waals surface area contributed by atoms with Crippen molar-refractivity contribution in [1.29, 1.82) is 0 Å². The molecule has 1 aliphatic rings. The minimum absolute atomic E-state index is 0.0880. The van der Waals surface area contributed by atoms with Crippen molar-refractivity contribution in [3.63, 3.8) is 0 Å². The van der Waals surface area contributed by atoms with Gasteiger partial charge >= 0.3 is 0 Å². The lowest BCUT2D eigenvalue weighted by atomic mass is 10.0. The van der Waals surface area contributed by atoms with E-state index in [-0.39, 0.29) is 6.04 Å². The van der Waals surface area contributed by atoms with Crippen LogP contribution < -0.4 is 10.5 Å². The van der Waals surface area contributed by atoms with Crippen molar-refractivity contribution in [2.75, 3.05) is 0 Å². The minimum Gasteiger partial charge on any atom is -0.450 e. The molecule has 68 valence electrons. The van der Waals surface area contributed by atoms with Crippen LogP contribution in [0.15, 0.2) is 18.2 Å². The maximum absolute atomic E-state index is 5.88. The van der Waals surface area contributed by atoms with E-state index in [9.17, 15) is 0 Å². The predicted molar refractivity (Wildman–Crippen MR) is 56.2 cm³/mol. The quantitative estimate of drug-likeness (QED) is 0.673. The summed E-state index contributed by atoms with van der Waals surface area (Å²) in [5.74, 6) is 0.730. The number of thiocarbonyl (C=S) groups is 1. The van der Waals surface area contributed by atoms with E-state index >= 15 is 0 Å². The molecule has 0 amide bonds. The first kappa shape index (κ1) is 8.94. The third-order valence-electron chi connectivity index (χ3n) is 1.98. The molecule has 1 atom stereocenters. The summed E-state index contributed by atoms with van der Waals surface area (Å²) in [5, 5.41) is 1.22. The van der Waals surface area contributed by atoms with Gasteiger partial charge in [-0.15, -0.1) is 0 Å². The molecule has 1 aromatic carbocycles. The lowest BCUT2D eigenvalue weighted by Crippen LogP contribution is -2.23. The summed E-state index contributed by atoms with van der Waals surface area (Å²) in [6.07, 6.45) is 0.586. The molecule has 0 radical (unpaired) electrons. The second-order valence-electron chi connectivity index (χ2n) is 2.97. The lowest BCUT2D eigenvalue weighted by Gasteiger charge is -2.22. The normalized spacial score (nSPS) is 20.8. The van der Waals surface area contributed by atoms with Crippen LogP contribution in [0.3, 0.4) is 0 Å². The maximum atomic E-state index is 5.88. The van der Waals surface area contributed by atoms with E-state index in [0.717, 1.165) is 11.3 Å². The van der Waals surface area contributed by atoms with Gasteiger partial charge < -0.3 is 10.5 Å². The number of nitrogens with two attached hydrogens (primary N) is 1. The highest BCUT2D eigenvalue weighted by Crippen LogP contribution is 2.33. The predicted octanol–water partition coefficient (Wildman–Crippen LogP) is 2.45. The van der Waals surface area contributed by atoms with Gasteiger partial charge in [-0.1, -0.05) is 11.6 Å². The van der Waals surface area contributed by atoms with Gasteiger partial charge in [-0.25, -0.2) is 0 Å². The summed E-state index contributed by atoms with van der Waals surface area (Å²) in [7, 11) is 0. The van der Waals surface area contributed by atoms with E-state index in [0.29, 0.717) is 16.5 Å². The summed E-state index contributed by atoms with van der Waals surface area (Å²) in [4.78, 5) is 0. The molecule has 0 saturated heterocycles. The van der Waals surface area contributed by atoms with Crippen LogP contribution in [-0.2, 0) is 0 Å². The van der Waals surface area contributed by atoms with Gasteiger partial charge in [0.25, 0.3) is 0 Å². The second-order valence-corrected chi connectivity index (χ2v) is 3.86. The number of hydrogen-bond acceptors (Lipinski definition) is 3. The van der Waals surface area contributed by atoms with Gasteiger partial charge in [0.1, 0.15) is 5.75 Å². The molecule has 1 heterocycles. The Morgan fingerprint density at radius 1 is 1.54 bits per heavy atom. The zero-order chi connectivity index (χ0) is 9.42. The molecule has 0 spiro atoms. The van der Waals surface area contributed by atoms with Crippen LogP contribution in [-0.4, -0.2) is 5.05 Å². The number of rotatable bonds is 0. The zero-order valence-electron chi connectivity index (χ0n) is 6.79. The van der Waals surface area contributed by atoms with Crippen molar-refractivity contribution >= 4 is 28.9 Å². The van der Waals surface area contributed by atoms with Crippen LogP contribution >= 0.6 is 23.8 Å². The number of fused-ring (bicyclic) bond motifs is 1. The van der Waals surface area contributed by atoms with Gasteiger partial charge in [0, 0.05) is 23.0 Å². The fourth-order valence-electron chi connectivity index (χ4n) is 1.36. The summed E-state index contributed by atoms with van der Waals surface area (Å²) in [5.41, 5.74) is 6.81. The molecule has 1 aliphatic heterocycles. The third-order valence-corrected chi connectivity index (χ3v) is 2.47. The average Bonchev–Trinajstić information content (AvgIpc) is 2.06. The van der Waals surface area contributed by atoms with Gasteiger partial charge in [0.05, 0.1) is 0 Å².